The summed E-state index contributed by atoms with van der Waals surface area (Å²) in [5.74, 6) is 0.571. The number of amides is 1. The highest BCUT2D eigenvalue weighted by molar-refractivity contribution is 6.30. The second kappa shape index (κ2) is 9.89. The minimum Gasteiger partial charge on any atom is -0.467 e. The molecule has 0 saturated carbocycles. The summed E-state index contributed by atoms with van der Waals surface area (Å²) < 4.78 is 5.62. The Balaban J connectivity index is 1.27. The summed E-state index contributed by atoms with van der Waals surface area (Å²) in [5.41, 5.74) is 2.43. The normalized spacial score (nSPS) is 18.5. The maximum atomic E-state index is 13.4. The lowest BCUT2D eigenvalue weighted by atomic mass is 10.0. The molecule has 3 aromatic rings. The van der Waals surface area contributed by atoms with Crippen molar-refractivity contribution >= 4 is 34.6 Å². The average Bonchev–Trinajstić information content (AvgIpc) is 3.55. The van der Waals surface area contributed by atoms with Gasteiger partial charge in [-0.25, -0.2) is 5.01 Å². The maximum absolute atomic E-state index is 13.4. The number of hydrogen-bond donors (Lipinski definition) is 0. The first-order valence-corrected chi connectivity index (χ1v) is 11.8. The number of carbonyl (C=O) groups excluding carboxylic acids is 1. The summed E-state index contributed by atoms with van der Waals surface area (Å²) >= 11 is 6.03. The first-order valence-electron chi connectivity index (χ1n) is 11.4. The molecule has 1 aromatic heterocycles. The second-order valence-corrected chi connectivity index (χ2v) is 8.97. The third-order valence-electron chi connectivity index (χ3n) is 6.37. The van der Waals surface area contributed by atoms with Gasteiger partial charge in [0, 0.05) is 43.7 Å². The van der Waals surface area contributed by atoms with E-state index in [0.717, 1.165) is 11.3 Å². The zero-order valence-corrected chi connectivity index (χ0v) is 19.7. The maximum Gasteiger partial charge on any atom is 0.292 e. The van der Waals surface area contributed by atoms with E-state index in [1.54, 1.807) is 30.5 Å². The van der Waals surface area contributed by atoms with Crippen LogP contribution in [0.5, 0.6) is 0 Å². The fourth-order valence-corrected chi connectivity index (χ4v) is 4.68. The number of carbonyl (C=O) groups is 1. The third kappa shape index (κ3) is 4.91. The van der Waals surface area contributed by atoms with Gasteiger partial charge in [-0.1, -0.05) is 35.9 Å². The lowest BCUT2D eigenvalue weighted by Crippen LogP contribution is -2.49. The molecule has 0 spiro atoms. The predicted octanol–water partition coefficient (Wildman–Crippen LogP) is 4.34. The van der Waals surface area contributed by atoms with Gasteiger partial charge in [0.15, 0.2) is 0 Å². The van der Waals surface area contributed by atoms with Crippen molar-refractivity contribution in [2.45, 2.75) is 12.5 Å². The molecular weight excluding hydrogens is 470 g/mol. The lowest BCUT2D eigenvalue weighted by molar-refractivity contribution is -0.384. The van der Waals surface area contributed by atoms with Crippen LogP contribution >= 0.6 is 11.6 Å². The van der Waals surface area contributed by atoms with Crippen molar-refractivity contribution in [3.05, 3.63) is 93.4 Å². The van der Waals surface area contributed by atoms with Gasteiger partial charge in [-0.3, -0.25) is 19.8 Å². The molecule has 0 aliphatic carbocycles. The highest BCUT2D eigenvalue weighted by Gasteiger charge is 2.36. The van der Waals surface area contributed by atoms with E-state index < -0.39 is 0 Å². The number of halogens is 1. The molecule has 35 heavy (non-hydrogen) atoms. The highest BCUT2D eigenvalue weighted by atomic mass is 35.5. The molecule has 1 amide bonds. The standard InChI is InChI=1S/C25H24ClN5O4/c26-19-9-7-18(8-10-19)20-16-23(24-6-3-15-35-24)30(27-20)25(32)17-28-11-13-29(14-12-28)21-4-1-2-5-22(21)31(33)34/h1-10,15,23H,11-14,16-17H2. The second-order valence-electron chi connectivity index (χ2n) is 8.54. The molecule has 0 radical (unpaired) electrons. The highest BCUT2D eigenvalue weighted by Crippen LogP contribution is 2.34. The summed E-state index contributed by atoms with van der Waals surface area (Å²) in [7, 11) is 0. The van der Waals surface area contributed by atoms with Crippen LogP contribution in [0.2, 0.25) is 5.02 Å². The fraction of sp³-hybridized carbons (Fsp3) is 0.280. The molecule has 5 rings (SSSR count). The van der Waals surface area contributed by atoms with Crippen molar-refractivity contribution in [2.75, 3.05) is 37.6 Å². The first-order chi connectivity index (χ1) is 17.0. The van der Waals surface area contributed by atoms with Crippen molar-refractivity contribution in [2.24, 2.45) is 5.10 Å². The van der Waals surface area contributed by atoms with E-state index in [1.165, 1.54) is 11.1 Å². The fourth-order valence-electron chi connectivity index (χ4n) is 4.56. The van der Waals surface area contributed by atoms with Gasteiger partial charge in [0.05, 0.1) is 23.4 Å². The van der Waals surface area contributed by atoms with E-state index in [9.17, 15) is 14.9 Å². The van der Waals surface area contributed by atoms with E-state index in [2.05, 4.69) is 10.0 Å². The summed E-state index contributed by atoms with van der Waals surface area (Å²) in [6, 6.07) is 17.5. The van der Waals surface area contributed by atoms with E-state index in [4.69, 9.17) is 16.0 Å². The zero-order valence-electron chi connectivity index (χ0n) is 18.9. The van der Waals surface area contributed by atoms with Gasteiger partial charge >= 0.3 is 0 Å². The Morgan fingerprint density at radius 2 is 1.80 bits per heavy atom. The number of benzene rings is 2. The molecule has 2 aliphatic rings. The molecule has 10 heteroatoms. The molecule has 1 atom stereocenters. The van der Waals surface area contributed by atoms with Gasteiger partial charge in [-0.05, 0) is 35.9 Å². The Hall–Kier alpha value is -3.69. The van der Waals surface area contributed by atoms with Crippen molar-refractivity contribution in [1.29, 1.82) is 0 Å². The van der Waals surface area contributed by atoms with Gasteiger partial charge in [-0.2, -0.15) is 5.10 Å². The molecule has 180 valence electrons. The average molecular weight is 494 g/mol. The summed E-state index contributed by atoms with van der Waals surface area (Å²) in [5, 5.41) is 18.2. The number of hydrazone groups is 1. The number of furan rings is 1. The quantitative estimate of drug-likeness (QED) is 0.374. The van der Waals surface area contributed by atoms with Crippen molar-refractivity contribution in [3.8, 4) is 0 Å². The molecule has 1 fully saturated rings. The Labute approximate surface area is 207 Å². The van der Waals surface area contributed by atoms with Crippen LogP contribution < -0.4 is 4.90 Å². The summed E-state index contributed by atoms with van der Waals surface area (Å²) in [6.07, 6.45) is 2.15. The van der Waals surface area contributed by atoms with E-state index in [0.29, 0.717) is 49.1 Å². The smallest absolute Gasteiger partial charge is 0.292 e. The Morgan fingerprint density at radius 3 is 2.49 bits per heavy atom. The molecule has 3 heterocycles. The lowest BCUT2D eigenvalue weighted by Gasteiger charge is -2.36. The molecule has 0 bridgehead atoms. The van der Waals surface area contributed by atoms with Crippen LogP contribution in [0.4, 0.5) is 11.4 Å². The number of hydrogen-bond acceptors (Lipinski definition) is 7. The molecule has 1 unspecified atom stereocenters. The number of nitrogens with zero attached hydrogens (tertiary/aromatic N) is 5. The first kappa shape index (κ1) is 23.1. The Morgan fingerprint density at radius 1 is 1.06 bits per heavy atom. The van der Waals surface area contributed by atoms with Crippen LogP contribution in [-0.4, -0.2) is 59.2 Å². The number of anilines is 1. The zero-order chi connectivity index (χ0) is 24.4. The largest absolute Gasteiger partial charge is 0.467 e. The Kier molecular flexibility index (Phi) is 6.52. The Bertz CT molecular complexity index is 1240. The predicted molar refractivity (Wildman–Crippen MR) is 133 cm³/mol. The van der Waals surface area contributed by atoms with Crippen LogP contribution in [0.25, 0.3) is 0 Å². The van der Waals surface area contributed by atoms with Crippen molar-refractivity contribution in [1.82, 2.24) is 9.91 Å². The van der Waals surface area contributed by atoms with Gasteiger partial charge < -0.3 is 9.32 Å². The van der Waals surface area contributed by atoms with E-state index >= 15 is 0 Å². The molecule has 2 aliphatic heterocycles. The molecule has 9 nitrogen and oxygen atoms in total. The van der Waals surface area contributed by atoms with Crippen LogP contribution in [0.3, 0.4) is 0 Å². The molecular formula is C25H24ClN5O4. The third-order valence-corrected chi connectivity index (χ3v) is 6.62. The summed E-state index contributed by atoms with van der Waals surface area (Å²) in [4.78, 5) is 28.4. The van der Waals surface area contributed by atoms with E-state index in [1.807, 2.05) is 35.2 Å². The van der Waals surface area contributed by atoms with Crippen molar-refractivity contribution < 1.29 is 14.1 Å². The summed E-state index contributed by atoms with van der Waals surface area (Å²) in [6.45, 7) is 2.63. The number of rotatable bonds is 6. The van der Waals surface area contributed by atoms with Crippen LogP contribution in [0.1, 0.15) is 23.8 Å². The minimum absolute atomic E-state index is 0.0967. The molecule has 2 aromatic carbocycles. The van der Waals surface area contributed by atoms with Crippen molar-refractivity contribution in [3.63, 3.8) is 0 Å². The van der Waals surface area contributed by atoms with Gasteiger partial charge in [0.2, 0.25) is 0 Å². The van der Waals surface area contributed by atoms with E-state index in [-0.39, 0.29) is 29.1 Å². The molecule has 0 N–H and O–H groups in total. The van der Waals surface area contributed by atoms with Crippen LogP contribution in [0, 0.1) is 10.1 Å². The molecule has 1 saturated heterocycles. The number of piperazine rings is 1. The van der Waals surface area contributed by atoms with Crippen LogP contribution in [0.15, 0.2) is 76.4 Å². The van der Waals surface area contributed by atoms with Gasteiger partial charge in [0.1, 0.15) is 17.5 Å². The number of nitro groups is 1. The topological polar surface area (TPSA) is 95.4 Å². The monoisotopic (exact) mass is 493 g/mol. The SMILES string of the molecule is O=C(CN1CCN(c2ccccc2[N+](=O)[O-])CC1)N1N=C(c2ccc(Cl)cc2)CC1c1ccco1. The van der Waals surface area contributed by atoms with Gasteiger partial charge in [-0.15, -0.1) is 0 Å². The minimum atomic E-state index is -0.357. The van der Waals surface area contributed by atoms with Gasteiger partial charge in [0.25, 0.3) is 11.6 Å². The number of para-hydroxylation sites is 2. The number of nitro benzene ring substituents is 1. The van der Waals surface area contributed by atoms with Crippen LogP contribution in [-0.2, 0) is 4.79 Å².